The molecule has 2 bridgehead atoms. The molecule has 3 nitrogen and oxygen atoms in total. The van der Waals surface area contributed by atoms with Crippen LogP contribution in [0.1, 0.15) is 50.4 Å². The molecule has 1 aromatic rings. The molecule has 2 atom stereocenters. The van der Waals surface area contributed by atoms with Gasteiger partial charge >= 0.3 is 0 Å². The molecule has 114 valence electrons. The highest BCUT2D eigenvalue weighted by Crippen LogP contribution is 2.52. The number of likely N-dealkylation sites (tertiary alicyclic amines) is 1. The van der Waals surface area contributed by atoms with Crippen molar-refractivity contribution in [1.29, 1.82) is 0 Å². The number of fused-ring (bicyclic) bond motifs is 2. The van der Waals surface area contributed by atoms with Gasteiger partial charge in [0, 0.05) is 12.6 Å². The molecular weight excluding hydrogens is 284 g/mol. The molecule has 2 unspecified atom stereocenters. The molecule has 1 aliphatic heterocycles. The first-order valence-corrected chi connectivity index (χ1v) is 7.94. The lowest BCUT2D eigenvalue weighted by atomic mass is 9.65. The summed E-state index contributed by atoms with van der Waals surface area (Å²) >= 11 is 6.23. The molecule has 1 saturated carbocycles. The Morgan fingerprint density at radius 1 is 1.33 bits per heavy atom. The molecule has 1 heterocycles. The number of hydrogen-bond donors (Lipinski definition) is 1. The van der Waals surface area contributed by atoms with E-state index in [1.807, 2.05) is 4.90 Å². The standard InChI is InChI=1S/C17H23ClN2O/c1-16(2)7-11-8-17(3,9-16)10-20(11)15(21)12-5-4-6-13(19)14(12)18/h4-6,11H,7-10,19H2,1-3H3. The van der Waals surface area contributed by atoms with E-state index < -0.39 is 0 Å². The Morgan fingerprint density at radius 3 is 2.76 bits per heavy atom. The highest BCUT2D eigenvalue weighted by Gasteiger charge is 2.51. The Hall–Kier alpha value is -1.22. The van der Waals surface area contributed by atoms with Gasteiger partial charge in [-0.05, 0) is 42.2 Å². The van der Waals surface area contributed by atoms with E-state index in [1.165, 1.54) is 6.42 Å². The van der Waals surface area contributed by atoms with Crippen LogP contribution in [0.3, 0.4) is 0 Å². The van der Waals surface area contributed by atoms with Crippen LogP contribution in [0, 0.1) is 10.8 Å². The number of nitrogens with zero attached hydrogens (tertiary/aromatic N) is 1. The number of hydrogen-bond acceptors (Lipinski definition) is 2. The summed E-state index contributed by atoms with van der Waals surface area (Å²) in [5, 5.41) is 0.383. The number of carbonyl (C=O) groups excluding carboxylic acids is 1. The average Bonchev–Trinajstić information content (AvgIpc) is 2.61. The normalized spacial score (nSPS) is 30.5. The van der Waals surface area contributed by atoms with Crippen molar-refractivity contribution in [2.24, 2.45) is 10.8 Å². The van der Waals surface area contributed by atoms with Crippen LogP contribution < -0.4 is 5.73 Å². The van der Waals surface area contributed by atoms with Crippen molar-refractivity contribution in [1.82, 2.24) is 4.90 Å². The molecular formula is C17H23ClN2O. The Kier molecular flexibility index (Phi) is 3.25. The number of anilines is 1. The average molecular weight is 307 g/mol. The second kappa shape index (κ2) is 4.64. The largest absolute Gasteiger partial charge is 0.398 e. The number of nitrogen functional groups attached to an aromatic ring is 1. The lowest BCUT2D eigenvalue weighted by molar-refractivity contribution is 0.0708. The number of amides is 1. The van der Waals surface area contributed by atoms with Gasteiger partial charge in [-0.15, -0.1) is 0 Å². The summed E-state index contributed by atoms with van der Waals surface area (Å²) in [4.78, 5) is 14.9. The van der Waals surface area contributed by atoms with Gasteiger partial charge in [0.1, 0.15) is 0 Å². The summed E-state index contributed by atoms with van der Waals surface area (Å²) in [6.45, 7) is 7.73. The Bertz CT molecular complexity index is 598. The van der Waals surface area contributed by atoms with Gasteiger partial charge in [0.15, 0.2) is 0 Å². The minimum atomic E-state index is 0.0266. The topological polar surface area (TPSA) is 46.3 Å². The molecule has 3 rings (SSSR count). The number of benzene rings is 1. The second-order valence-electron chi connectivity index (χ2n) is 7.86. The van der Waals surface area contributed by atoms with Crippen LogP contribution in [0.5, 0.6) is 0 Å². The predicted octanol–water partition coefficient (Wildman–Crippen LogP) is 3.96. The zero-order valence-electron chi connectivity index (χ0n) is 12.9. The molecule has 2 fully saturated rings. The summed E-state index contributed by atoms with van der Waals surface area (Å²) in [7, 11) is 0. The van der Waals surface area contributed by atoms with Crippen LogP contribution in [0.25, 0.3) is 0 Å². The van der Waals surface area contributed by atoms with Crippen LogP contribution in [-0.2, 0) is 0 Å². The van der Waals surface area contributed by atoms with Gasteiger partial charge in [-0.25, -0.2) is 0 Å². The molecule has 1 aromatic carbocycles. The first-order chi connectivity index (χ1) is 9.71. The van der Waals surface area contributed by atoms with E-state index in [4.69, 9.17) is 17.3 Å². The van der Waals surface area contributed by atoms with Gasteiger partial charge in [-0.1, -0.05) is 38.4 Å². The van der Waals surface area contributed by atoms with Crippen LogP contribution in [0.4, 0.5) is 5.69 Å². The number of halogens is 1. The molecule has 2 aliphatic rings. The number of nitrogens with two attached hydrogens (primary N) is 1. The van der Waals surface area contributed by atoms with Gasteiger partial charge in [0.05, 0.1) is 16.3 Å². The van der Waals surface area contributed by atoms with Crippen LogP contribution in [-0.4, -0.2) is 23.4 Å². The first-order valence-electron chi connectivity index (χ1n) is 7.56. The van der Waals surface area contributed by atoms with E-state index in [1.54, 1.807) is 18.2 Å². The Balaban J connectivity index is 1.92. The maximum atomic E-state index is 12.9. The highest BCUT2D eigenvalue weighted by molar-refractivity contribution is 6.36. The minimum Gasteiger partial charge on any atom is -0.398 e. The van der Waals surface area contributed by atoms with Crippen LogP contribution >= 0.6 is 11.6 Å². The van der Waals surface area contributed by atoms with Gasteiger partial charge in [-0.2, -0.15) is 0 Å². The maximum absolute atomic E-state index is 12.9. The molecule has 0 aromatic heterocycles. The molecule has 21 heavy (non-hydrogen) atoms. The third-order valence-corrected chi connectivity index (χ3v) is 5.36. The van der Waals surface area contributed by atoms with E-state index >= 15 is 0 Å². The van der Waals surface area contributed by atoms with Gasteiger partial charge < -0.3 is 10.6 Å². The van der Waals surface area contributed by atoms with Crippen molar-refractivity contribution in [3.63, 3.8) is 0 Å². The number of carbonyl (C=O) groups is 1. The molecule has 1 saturated heterocycles. The number of rotatable bonds is 1. The molecule has 1 aliphatic carbocycles. The highest BCUT2D eigenvalue weighted by atomic mass is 35.5. The fourth-order valence-electron chi connectivity index (χ4n) is 4.57. The van der Waals surface area contributed by atoms with E-state index in [0.717, 1.165) is 19.4 Å². The summed E-state index contributed by atoms with van der Waals surface area (Å²) in [6.07, 6.45) is 3.33. The second-order valence-corrected chi connectivity index (χ2v) is 8.23. The van der Waals surface area contributed by atoms with E-state index in [0.29, 0.717) is 27.7 Å². The molecule has 1 amide bonds. The third kappa shape index (κ3) is 2.52. The van der Waals surface area contributed by atoms with Crippen LogP contribution in [0.15, 0.2) is 18.2 Å². The maximum Gasteiger partial charge on any atom is 0.255 e. The first kappa shape index (κ1) is 14.7. The summed E-state index contributed by atoms with van der Waals surface area (Å²) < 4.78 is 0. The quantitative estimate of drug-likeness (QED) is 0.798. The minimum absolute atomic E-state index is 0.0266. The van der Waals surface area contributed by atoms with Crippen molar-refractivity contribution >= 4 is 23.2 Å². The van der Waals surface area contributed by atoms with Gasteiger partial charge in [0.25, 0.3) is 5.91 Å². The fraction of sp³-hybridized carbons (Fsp3) is 0.588. The van der Waals surface area contributed by atoms with Crippen molar-refractivity contribution < 1.29 is 4.79 Å². The molecule has 0 radical (unpaired) electrons. The van der Waals surface area contributed by atoms with Crippen molar-refractivity contribution in [2.45, 2.75) is 46.1 Å². The fourth-order valence-corrected chi connectivity index (χ4v) is 4.77. The van der Waals surface area contributed by atoms with Crippen molar-refractivity contribution in [2.75, 3.05) is 12.3 Å². The lowest BCUT2D eigenvalue weighted by Gasteiger charge is -2.39. The zero-order valence-corrected chi connectivity index (χ0v) is 13.7. The van der Waals surface area contributed by atoms with Crippen molar-refractivity contribution in [3.8, 4) is 0 Å². The lowest BCUT2D eigenvalue weighted by Crippen LogP contribution is -2.37. The van der Waals surface area contributed by atoms with Gasteiger partial charge in [-0.3, -0.25) is 4.79 Å². The Labute approximate surface area is 131 Å². The third-order valence-electron chi connectivity index (χ3n) is 4.93. The monoisotopic (exact) mass is 306 g/mol. The molecule has 0 spiro atoms. The molecule has 2 N–H and O–H groups in total. The SMILES string of the molecule is CC1(C)CC2CC(C)(CN2C(=O)c2cccc(N)c2Cl)C1. The molecule has 4 heteroatoms. The van der Waals surface area contributed by atoms with Crippen LogP contribution in [0.2, 0.25) is 5.02 Å². The predicted molar refractivity (Wildman–Crippen MR) is 86.4 cm³/mol. The van der Waals surface area contributed by atoms with E-state index in [2.05, 4.69) is 20.8 Å². The van der Waals surface area contributed by atoms with E-state index in [9.17, 15) is 4.79 Å². The summed E-state index contributed by atoms with van der Waals surface area (Å²) in [5.41, 5.74) is 7.36. The summed E-state index contributed by atoms with van der Waals surface area (Å²) in [6, 6.07) is 5.62. The summed E-state index contributed by atoms with van der Waals surface area (Å²) in [5.74, 6) is 0.0266. The smallest absolute Gasteiger partial charge is 0.255 e. The zero-order chi connectivity index (χ0) is 15.4. The van der Waals surface area contributed by atoms with E-state index in [-0.39, 0.29) is 11.3 Å². The Morgan fingerprint density at radius 2 is 2.05 bits per heavy atom. The van der Waals surface area contributed by atoms with Crippen molar-refractivity contribution in [3.05, 3.63) is 28.8 Å². The van der Waals surface area contributed by atoms with Gasteiger partial charge in [0.2, 0.25) is 0 Å².